The zero-order valence-corrected chi connectivity index (χ0v) is 49.0. The Morgan fingerprint density at radius 1 is 0.659 bits per heavy atom. The molecular weight excluding hydrogens is 1140 g/mol. The number of aliphatic imine (C=N–C) groups is 1. The number of phenols is 1. The largest absolute Gasteiger partial charge is 0.508 e. The van der Waals surface area contributed by atoms with Crippen LogP contribution in [0.2, 0.25) is 0 Å². The minimum absolute atomic E-state index is 0.0603. The highest BCUT2D eigenvalue weighted by atomic mass is 19.4. The number of nitrogens with two attached hydrogens (primary N) is 2. The van der Waals surface area contributed by atoms with E-state index in [1.54, 1.807) is 61.8 Å². The van der Waals surface area contributed by atoms with E-state index in [0.717, 1.165) is 24.3 Å². The summed E-state index contributed by atoms with van der Waals surface area (Å²) >= 11 is 0. The second-order valence-corrected chi connectivity index (χ2v) is 22.1. The number of carbonyl (C=O) groups excluding carboxylic acids is 8. The Balaban J connectivity index is 1.14. The lowest BCUT2D eigenvalue weighted by atomic mass is 9.99. The quantitative estimate of drug-likeness (QED) is 0.0183. The lowest BCUT2D eigenvalue weighted by molar-refractivity contribution is -0.142. The van der Waals surface area contributed by atoms with Crippen molar-refractivity contribution in [3.63, 3.8) is 0 Å². The fourth-order valence-corrected chi connectivity index (χ4v) is 10.6. The van der Waals surface area contributed by atoms with Crippen LogP contribution >= 0.6 is 0 Å². The lowest BCUT2D eigenvalue weighted by Gasteiger charge is -2.30. The zero-order valence-electron chi connectivity index (χ0n) is 49.0. The molecule has 7 rings (SSSR count). The van der Waals surface area contributed by atoms with Crippen molar-refractivity contribution in [2.45, 2.75) is 127 Å². The van der Waals surface area contributed by atoms with Gasteiger partial charge in [0.05, 0.1) is 18.6 Å². The van der Waals surface area contributed by atoms with Crippen LogP contribution in [0.25, 0.3) is 21.8 Å². The van der Waals surface area contributed by atoms with Gasteiger partial charge >= 0.3 is 6.18 Å². The molecule has 88 heavy (non-hydrogen) atoms. The summed E-state index contributed by atoms with van der Waals surface area (Å²) in [4.78, 5) is 126. The number of aliphatic hydroxyl groups excluding tert-OH is 1. The van der Waals surface area contributed by atoms with Crippen molar-refractivity contribution >= 4 is 75.0 Å². The van der Waals surface area contributed by atoms with Crippen LogP contribution in [0.3, 0.4) is 0 Å². The Morgan fingerprint density at radius 3 is 1.70 bits per heavy atom. The van der Waals surface area contributed by atoms with Crippen molar-refractivity contribution in [2.24, 2.45) is 22.4 Å². The number of hydrogen-bond acceptors (Lipinski definition) is 11. The van der Waals surface area contributed by atoms with Crippen LogP contribution in [-0.4, -0.2) is 147 Å². The van der Waals surface area contributed by atoms with Gasteiger partial charge in [-0.2, -0.15) is 13.2 Å². The van der Waals surface area contributed by atoms with Gasteiger partial charge in [-0.15, -0.1) is 0 Å². The molecule has 470 valence electrons. The molecule has 0 saturated carbocycles. The number of benzene rings is 4. The molecule has 1 fully saturated rings. The molecule has 1 saturated heterocycles. The zero-order chi connectivity index (χ0) is 63.7. The molecule has 0 radical (unpaired) electrons. The number of H-pyrrole nitrogens is 2. The van der Waals surface area contributed by atoms with E-state index >= 15 is 0 Å². The number of amides is 8. The molecule has 4 aromatic carbocycles. The van der Waals surface area contributed by atoms with Crippen molar-refractivity contribution in [3.8, 4) is 5.75 Å². The fourth-order valence-electron chi connectivity index (χ4n) is 10.6. The molecule has 2 aromatic heterocycles. The number of aromatic hydroxyl groups is 1. The standard InChI is InChI=1S/C62H76F3N13O10/c1-4-68-59(87)52-16-10-26-78(52)60(88)46(15-9-25-69-61(66)67)73-54(82)47(27-35(2)3)74-57(85)50(31-39-33-71-45-14-8-6-12-43(39)45)76-55(83)48(28-36-19-23-41(80)24-20-36)75-58(86)51(34-79)77-56(84)49(30-38-32-70-44-13-7-5-11-42(38)44)72-53(81)29-37-17-21-40(22-18-37)62(63,64)65/h5-8,11-14,17-24,32-33,35,46-52,70-71,79-80H,4,9-10,15-16,25-31,34H2,1-3H3,(H,68,87)(H,72,81)(H,73,82)(H,74,85)(H,75,86)(H,76,83)(H,77,84)(H4,66,67,69)/t46-,47-,48-,49+,50+,51-,52-/m0/s1. The summed E-state index contributed by atoms with van der Waals surface area (Å²) in [7, 11) is 0. The Bertz CT molecular complexity index is 3440. The maximum absolute atomic E-state index is 15.0. The van der Waals surface area contributed by atoms with Crippen molar-refractivity contribution in [1.29, 1.82) is 0 Å². The Labute approximate surface area is 505 Å². The average Bonchev–Trinajstić information content (AvgIpc) is 4.32. The molecule has 6 aromatic rings. The van der Waals surface area contributed by atoms with Crippen LogP contribution in [0.4, 0.5) is 13.2 Å². The van der Waals surface area contributed by atoms with Gasteiger partial charge in [0.15, 0.2) is 5.96 Å². The Kier molecular flexibility index (Phi) is 23.1. The van der Waals surface area contributed by atoms with E-state index in [4.69, 9.17) is 11.5 Å². The Morgan fingerprint density at radius 2 is 1.16 bits per heavy atom. The SMILES string of the molecule is CCNC(=O)[C@@H]1CCCN1C(=O)[C@H](CCCN=C(N)N)NC(=O)[C@H](CC(C)C)NC(=O)[C@@H](Cc1c[nH]c2ccccc12)NC(=O)[C@H](Cc1ccc(O)cc1)NC(=O)[C@H](CO)NC(=O)[C@@H](Cc1c[nH]c2ccccc12)NC(=O)Cc1ccc(C(F)(F)F)cc1. The van der Waals surface area contributed by atoms with E-state index in [1.807, 2.05) is 19.9 Å². The number of aromatic nitrogens is 2. The maximum atomic E-state index is 15.0. The second kappa shape index (κ2) is 30.8. The van der Waals surface area contributed by atoms with Gasteiger partial charge in [-0.1, -0.05) is 74.5 Å². The number of carbonyl (C=O) groups is 8. The van der Waals surface area contributed by atoms with Crippen LogP contribution in [0.5, 0.6) is 5.75 Å². The summed E-state index contributed by atoms with van der Waals surface area (Å²) in [5, 5.41) is 41.2. The maximum Gasteiger partial charge on any atom is 0.416 e. The fraction of sp³-hybridized carbons (Fsp3) is 0.403. The highest BCUT2D eigenvalue weighted by Gasteiger charge is 2.39. The predicted molar refractivity (Wildman–Crippen MR) is 322 cm³/mol. The van der Waals surface area contributed by atoms with Crippen LogP contribution in [0, 0.1) is 5.92 Å². The van der Waals surface area contributed by atoms with Crippen molar-refractivity contribution in [2.75, 3.05) is 26.2 Å². The first-order valence-electron chi connectivity index (χ1n) is 29.1. The molecule has 8 amide bonds. The third-order valence-electron chi connectivity index (χ3n) is 15.0. The number of aliphatic hydroxyl groups is 1. The molecule has 23 nitrogen and oxygen atoms in total. The smallest absolute Gasteiger partial charge is 0.416 e. The van der Waals surface area contributed by atoms with Gasteiger partial charge in [0.2, 0.25) is 47.3 Å². The monoisotopic (exact) mass is 1220 g/mol. The van der Waals surface area contributed by atoms with Gasteiger partial charge in [-0.25, -0.2) is 0 Å². The van der Waals surface area contributed by atoms with Gasteiger partial charge < -0.3 is 73.8 Å². The van der Waals surface area contributed by atoms with Gasteiger partial charge in [0.25, 0.3) is 0 Å². The minimum atomic E-state index is -4.62. The number of guanidine groups is 1. The first-order chi connectivity index (χ1) is 42.0. The van der Waals surface area contributed by atoms with Crippen LogP contribution < -0.4 is 48.7 Å². The van der Waals surface area contributed by atoms with Crippen LogP contribution in [0.15, 0.2) is 114 Å². The van der Waals surface area contributed by atoms with E-state index < -0.39 is 108 Å². The summed E-state index contributed by atoms with van der Waals surface area (Å²) in [6.45, 7) is 5.11. The number of nitrogens with one attached hydrogen (secondary N) is 9. The summed E-state index contributed by atoms with van der Waals surface area (Å²) in [6, 6.07) is 14.5. The first kappa shape index (κ1) is 66.1. The number of fused-ring (bicyclic) bond motifs is 2. The molecule has 1 aliphatic rings. The molecule has 0 aliphatic carbocycles. The molecule has 26 heteroatoms. The number of rotatable bonds is 29. The van der Waals surface area contributed by atoms with E-state index in [2.05, 4.69) is 52.2 Å². The highest BCUT2D eigenvalue weighted by Crippen LogP contribution is 2.29. The number of phenolic OH excluding ortho intramolecular Hbond substituents is 1. The van der Waals surface area contributed by atoms with Crippen LogP contribution in [0.1, 0.15) is 80.7 Å². The van der Waals surface area contributed by atoms with E-state index in [-0.39, 0.29) is 80.7 Å². The summed E-state index contributed by atoms with van der Waals surface area (Å²) in [6.07, 6.45) is -1.02. The number of likely N-dealkylation sites (tertiary alicyclic amines) is 1. The molecule has 0 unspecified atom stereocenters. The van der Waals surface area contributed by atoms with Crippen molar-refractivity contribution in [1.82, 2.24) is 52.1 Å². The summed E-state index contributed by atoms with van der Waals surface area (Å²) in [5.41, 5.74) is 13.4. The molecule has 0 spiro atoms. The number of nitrogens with zero attached hydrogens (tertiary/aromatic N) is 2. The van der Waals surface area contributed by atoms with Crippen molar-refractivity contribution in [3.05, 3.63) is 137 Å². The van der Waals surface area contributed by atoms with Crippen molar-refractivity contribution < 1.29 is 61.7 Å². The number of alkyl halides is 3. The van der Waals surface area contributed by atoms with Gasteiger partial charge in [0.1, 0.15) is 48.0 Å². The summed E-state index contributed by atoms with van der Waals surface area (Å²) in [5.74, 6) is -6.60. The van der Waals surface area contributed by atoms with Gasteiger partial charge in [-0.3, -0.25) is 43.3 Å². The Hall–Kier alpha value is -9.46. The van der Waals surface area contributed by atoms with Gasteiger partial charge in [-0.05, 0) is 104 Å². The number of likely N-dealkylation sites (N-methyl/N-ethyl adjacent to an activating group) is 1. The van der Waals surface area contributed by atoms with E-state index in [1.165, 1.54) is 29.2 Å². The van der Waals surface area contributed by atoms with E-state index in [0.29, 0.717) is 57.9 Å². The molecule has 3 heterocycles. The molecule has 15 N–H and O–H groups in total. The topological polar surface area (TPSA) is 360 Å². The molecule has 0 bridgehead atoms. The lowest BCUT2D eigenvalue weighted by Crippen LogP contribution is -2.61. The third kappa shape index (κ3) is 18.3. The number of aromatic amines is 2. The molecule has 1 aliphatic heterocycles. The number of halogens is 3. The number of para-hydroxylation sites is 2. The molecule has 7 atom stereocenters. The number of hydrogen-bond donors (Lipinski definition) is 13. The third-order valence-corrected chi connectivity index (χ3v) is 15.0. The predicted octanol–water partition coefficient (Wildman–Crippen LogP) is 2.77. The van der Waals surface area contributed by atoms with E-state index in [9.17, 15) is 61.7 Å². The molecular formula is C62H76F3N13O10. The first-order valence-corrected chi connectivity index (χ1v) is 29.1. The second-order valence-electron chi connectivity index (χ2n) is 22.1. The summed E-state index contributed by atoms with van der Waals surface area (Å²) < 4.78 is 40.0. The highest BCUT2D eigenvalue weighted by molar-refractivity contribution is 5.99. The normalized spacial score (nSPS) is 15.3. The minimum Gasteiger partial charge on any atom is -0.508 e. The average molecular weight is 1220 g/mol. The van der Waals surface area contributed by atoms with Crippen LogP contribution in [-0.2, 0) is 70.2 Å². The van der Waals surface area contributed by atoms with Gasteiger partial charge in [0, 0.05) is 73.1 Å².